The molecule has 0 aliphatic carbocycles. The summed E-state index contributed by atoms with van der Waals surface area (Å²) in [6.07, 6.45) is 0. The number of aromatic nitrogens is 3. The number of fused-ring (bicyclic) bond motifs is 1. The van der Waals surface area contributed by atoms with E-state index in [4.69, 9.17) is 16.7 Å². The minimum absolute atomic E-state index is 0.0990. The number of nitrogens with zero attached hydrogens (tertiary/aromatic N) is 2. The van der Waals surface area contributed by atoms with E-state index in [0.717, 1.165) is 22.5 Å². The van der Waals surface area contributed by atoms with Gasteiger partial charge < -0.3 is 14.1 Å². The highest BCUT2D eigenvalue weighted by Crippen LogP contribution is 2.30. The third kappa shape index (κ3) is 2.24. The molecule has 0 bridgehead atoms. The third-order valence-electron chi connectivity index (χ3n) is 3.65. The summed E-state index contributed by atoms with van der Waals surface area (Å²) in [5.74, 6) is 0.421. The molecule has 0 radical (unpaired) electrons. The first-order valence-electron chi connectivity index (χ1n) is 6.42. The second-order valence-electron chi connectivity index (χ2n) is 5.00. The van der Waals surface area contributed by atoms with Crippen molar-refractivity contribution in [3.63, 3.8) is 0 Å². The van der Waals surface area contributed by atoms with Gasteiger partial charge in [-0.1, -0.05) is 5.16 Å². The highest BCUT2D eigenvalue weighted by Gasteiger charge is 2.21. The molecule has 0 fully saturated rings. The number of H-pyrrole nitrogens is 1. The lowest BCUT2D eigenvalue weighted by atomic mass is 10.1. The number of halogens is 2. The normalized spacial score (nSPS) is 13.0. The van der Waals surface area contributed by atoms with Gasteiger partial charge in [0.2, 0.25) is 0 Å². The van der Waals surface area contributed by atoms with Gasteiger partial charge in [0.1, 0.15) is 11.6 Å². The summed E-state index contributed by atoms with van der Waals surface area (Å²) in [5.41, 5.74) is 3.28. The average Bonchev–Trinajstić information content (AvgIpc) is 2.89. The Labute approximate surface area is 134 Å². The minimum Gasteiger partial charge on any atom is -0.361 e. The molecule has 2 heterocycles. The van der Waals surface area contributed by atoms with E-state index in [1.165, 1.54) is 6.07 Å². The molecule has 3 aromatic rings. The molecule has 7 heteroatoms. The van der Waals surface area contributed by atoms with Gasteiger partial charge in [0.25, 0.3) is 0 Å². The van der Waals surface area contributed by atoms with E-state index in [1.54, 1.807) is 6.07 Å². The SMILES string of the molecule is Cc1noc(C)c1C(C)n1c(=S)[nH]c2cc(Br)c(F)cc21. The van der Waals surface area contributed by atoms with E-state index in [-0.39, 0.29) is 11.9 Å². The van der Waals surface area contributed by atoms with Crippen LogP contribution in [0.15, 0.2) is 21.1 Å². The number of aryl methyl sites for hydroxylation is 2. The van der Waals surface area contributed by atoms with E-state index in [1.807, 2.05) is 25.3 Å². The second kappa shape index (κ2) is 5.06. The molecule has 0 aliphatic rings. The Morgan fingerprint density at radius 3 is 2.76 bits per heavy atom. The van der Waals surface area contributed by atoms with E-state index in [2.05, 4.69) is 26.1 Å². The van der Waals surface area contributed by atoms with Crippen LogP contribution in [0.2, 0.25) is 0 Å². The molecule has 0 saturated carbocycles. The first kappa shape index (κ1) is 14.5. The number of hydrogen-bond donors (Lipinski definition) is 1. The molecule has 110 valence electrons. The van der Waals surface area contributed by atoms with Crippen LogP contribution in [0.5, 0.6) is 0 Å². The van der Waals surface area contributed by atoms with Crippen molar-refractivity contribution in [1.82, 2.24) is 14.7 Å². The number of imidazole rings is 1. The van der Waals surface area contributed by atoms with Gasteiger partial charge in [-0.05, 0) is 55.0 Å². The number of hydrogen-bond acceptors (Lipinski definition) is 3. The number of nitrogens with one attached hydrogen (secondary N) is 1. The largest absolute Gasteiger partial charge is 0.361 e. The van der Waals surface area contributed by atoms with Gasteiger partial charge in [0, 0.05) is 11.6 Å². The highest BCUT2D eigenvalue weighted by molar-refractivity contribution is 9.10. The standard InChI is InChI=1S/C14H13BrFN3OS/c1-6-13(8(3)20-18-6)7(2)19-12-5-10(16)9(15)4-11(12)17-14(19)21/h4-5,7H,1-3H3,(H,17,21). The van der Waals surface area contributed by atoms with Gasteiger partial charge in [-0.3, -0.25) is 0 Å². The Bertz CT molecular complexity index is 876. The summed E-state index contributed by atoms with van der Waals surface area (Å²) in [4.78, 5) is 3.11. The predicted molar refractivity (Wildman–Crippen MR) is 84.6 cm³/mol. The molecular formula is C14H13BrFN3OS. The van der Waals surface area contributed by atoms with Crippen LogP contribution < -0.4 is 0 Å². The fraction of sp³-hybridized carbons (Fsp3) is 0.286. The average molecular weight is 370 g/mol. The quantitative estimate of drug-likeness (QED) is 0.659. The summed E-state index contributed by atoms with van der Waals surface area (Å²) in [6, 6.07) is 3.07. The maximum atomic E-state index is 13.9. The van der Waals surface area contributed by atoms with Crippen molar-refractivity contribution in [2.24, 2.45) is 0 Å². The molecule has 1 aromatic carbocycles. The Morgan fingerprint density at radius 2 is 2.14 bits per heavy atom. The molecule has 3 rings (SSSR count). The maximum Gasteiger partial charge on any atom is 0.178 e. The Hall–Kier alpha value is -1.47. The zero-order chi connectivity index (χ0) is 15.3. The Morgan fingerprint density at radius 1 is 1.43 bits per heavy atom. The van der Waals surface area contributed by atoms with E-state index < -0.39 is 0 Å². The van der Waals surface area contributed by atoms with Gasteiger partial charge in [-0.25, -0.2) is 4.39 Å². The van der Waals surface area contributed by atoms with Crippen molar-refractivity contribution in [2.75, 3.05) is 0 Å². The summed E-state index contributed by atoms with van der Waals surface area (Å²) >= 11 is 8.58. The molecule has 1 N–H and O–H groups in total. The van der Waals surface area contributed by atoms with Crippen LogP contribution in [0.3, 0.4) is 0 Å². The van der Waals surface area contributed by atoms with Crippen LogP contribution in [0.25, 0.3) is 11.0 Å². The van der Waals surface area contributed by atoms with Crippen molar-refractivity contribution in [3.05, 3.63) is 44.2 Å². The van der Waals surface area contributed by atoms with Crippen molar-refractivity contribution in [2.45, 2.75) is 26.8 Å². The van der Waals surface area contributed by atoms with Crippen LogP contribution >= 0.6 is 28.1 Å². The first-order chi connectivity index (χ1) is 9.90. The van der Waals surface area contributed by atoms with Crippen molar-refractivity contribution >= 4 is 39.2 Å². The molecule has 4 nitrogen and oxygen atoms in total. The molecule has 0 amide bonds. The van der Waals surface area contributed by atoms with Crippen LogP contribution in [0.1, 0.15) is 30.0 Å². The summed E-state index contributed by atoms with van der Waals surface area (Å²) in [5, 5.41) is 3.97. The zero-order valence-electron chi connectivity index (χ0n) is 11.7. The van der Waals surface area contributed by atoms with Crippen molar-refractivity contribution in [1.29, 1.82) is 0 Å². The van der Waals surface area contributed by atoms with Crippen molar-refractivity contribution in [3.8, 4) is 0 Å². The summed E-state index contributed by atoms with van der Waals surface area (Å²) < 4.78 is 21.9. The second-order valence-corrected chi connectivity index (χ2v) is 6.24. The lowest BCUT2D eigenvalue weighted by Crippen LogP contribution is -2.08. The number of aromatic amines is 1. The van der Waals surface area contributed by atoms with Crippen LogP contribution in [0, 0.1) is 24.4 Å². The van der Waals surface area contributed by atoms with Gasteiger partial charge >= 0.3 is 0 Å². The van der Waals surface area contributed by atoms with Crippen LogP contribution in [-0.4, -0.2) is 14.7 Å². The van der Waals surface area contributed by atoms with Gasteiger partial charge in [-0.2, -0.15) is 0 Å². The number of rotatable bonds is 2. The number of benzene rings is 1. The lowest BCUT2D eigenvalue weighted by Gasteiger charge is -2.14. The summed E-state index contributed by atoms with van der Waals surface area (Å²) in [6.45, 7) is 5.75. The van der Waals surface area contributed by atoms with E-state index in [0.29, 0.717) is 14.8 Å². The van der Waals surface area contributed by atoms with E-state index >= 15 is 0 Å². The molecule has 1 atom stereocenters. The molecular weight excluding hydrogens is 357 g/mol. The zero-order valence-corrected chi connectivity index (χ0v) is 14.1. The molecule has 21 heavy (non-hydrogen) atoms. The summed E-state index contributed by atoms with van der Waals surface area (Å²) in [7, 11) is 0. The fourth-order valence-electron chi connectivity index (χ4n) is 2.72. The van der Waals surface area contributed by atoms with Gasteiger partial charge in [-0.15, -0.1) is 0 Å². The van der Waals surface area contributed by atoms with Crippen LogP contribution in [-0.2, 0) is 0 Å². The molecule has 0 saturated heterocycles. The lowest BCUT2D eigenvalue weighted by molar-refractivity contribution is 0.391. The Balaban J connectivity index is 2.27. The van der Waals surface area contributed by atoms with E-state index in [9.17, 15) is 4.39 Å². The molecule has 1 unspecified atom stereocenters. The third-order valence-corrected chi connectivity index (χ3v) is 4.56. The van der Waals surface area contributed by atoms with Crippen molar-refractivity contribution < 1.29 is 8.91 Å². The Kier molecular flexibility index (Phi) is 3.49. The van der Waals surface area contributed by atoms with Gasteiger partial charge in [0.05, 0.1) is 27.2 Å². The van der Waals surface area contributed by atoms with Gasteiger partial charge in [0.15, 0.2) is 4.77 Å². The fourth-order valence-corrected chi connectivity index (χ4v) is 3.43. The smallest absolute Gasteiger partial charge is 0.178 e. The first-order valence-corrected chi connectivity index (χ1v) is 7.62. The monoisotopic (exact) mass is 369 g/mol. The topological polar surface area (TPSA) is 46.8 Å². The maximum absolute atomic E-state index is 13.9. The molecule has 2 aromatic heterocycles. The minimum atomic E-state index is -0.323. The predicted octanol–water partition coefficient (Wildman–Crippen LogP) is 4.81. The molecule has 0 aliphatic heterocycles. The highest BCUT2D eigenvalue weighted by atomic mass is 79.9. The van der Waals surface area contributed by atoms with Crippen LogP contribution in [0.4, 0.5) is 4.39 Å². The molecule has 0 spiro atoms.